The monoisotopic (exact) mass is 448 g/mol. The molecule has 0 saturated carbocycles. The normalized spacial score (nSPS) is 24.3. The van der Waals surface area contributed by atoms with Gasteiger partial charge in [-0.05, 0) is 12.5 Å². The minimum absolute atomic E-state index is 0.146. The third-order valence-electron chi connectivity index (χ3n) is 5.73. The molecule has 3 aliphatic rings. The number of thioether (sulfide) groups is 1. The van der Waals surface area contributed by atoms with Gasteiger partial charge in [0.15, 0.2) is 23.3 Å². The molecule has 2 unspecified atom stereocenters. The minimum Gasteiger partial charge on any atom is -0.395 e. The standard InChI is InChI=1S/C19H28N8O3S/c1-24-15-14(16(29)23-19(24)30)27(6-3-13-31-17-20-4-2-5-21-17)18(22-15)26-9-7-25(8-10-26)11-12-28/h2,4-5,14-15,28H,3,6-13H2,1H3,(H,23,29,30). The molecule has 0 aliphatic carbocycles. The third kappa shape index (κ3) is 4.75. The van der Waals surface area contributed by atoms with Gasteiger partial charge in [-0.15, -0.1) is 0 Å². The van der Waals surface area contributed by atoms with Crippen molar-refractivity contribution < 1.29 is 14.7 Å². The zero-order valence-corrected chi connectivity index (χ0v) is 18.4. The molecule has 0 radical (unpaired) electrons. The maximum atomic E-state index is 12.7. The quantitative estimate of drug-likeness (QED) is 0.311. The van der Waals surface area contributed by atoms with Gasteiger partial charge in [-0.1, -0.05) is 11.8 Å². The Kier molecular flexibility index (Phi) is 6.88. The summed E-state index contributed by atoms with van der Waals surface area (Å²) in [6.45, 7) is 4.63. The van der Waals surface area contributed by atoms with E-state index in [1.807, 2.05) is 4.90 Å². The molecule has 168 valence electrons. The number of rotatable bonds is 7. The number of nitrogens with one attached hydrogen (secondary N) is 1. The molecule has 3 amide bonds. The van der Waals surface area contributed by atoms with Crippen LogP contribution in [0.4, 0.5) is 4.79 Å². The van der Waals surface area contributed by atoms with Crippen LogP contribution in [-0.2, 0) is 4.79 Å². The average Bonchev–Trinajstić information content (AvgIpc) is 3.17. The van der Waals surface area contributed by atoms with Crippen molar-refractivity contribution in [3.05, 3.63) is 18.5 Å². The van der Waals surface area contributed by atoms with Crippen molar-refractivity contribution in [3.63, 3.8) is 0 Å². The van der Waals surface area contributed by atoms with Crippen LogP contribution in [0.3, 0.4) is 0 Å². The molecule has 2 fully saturated rings. The van der Waals surface area contributed by atoms with Crippen LogP contribution in [0.1, 0.15) is 6.42 Å². The number of urea groups is 1. The minimum atomic E-state index is -0.522. The number of amides is 3. The maximum absolute atomic E-state index is 12.7. The van der Waals surface area contributed by atoms with Gasteiger partial charge in [-0.3, -0.25) is 15.0 Å². The van der Waals surface area contributed by atoms with E-state index in [2.05, 4.69) is 25.1 Å². The van der Waals surface area contributed by atoms with Crippen LogP contribution in [0, 0.1) is 0 Å². The molecule has 4 heterocycles. The van der Waals surface area contributed by atoms with Crippen LogP contribution in [0.25, 0.3) is 0 Å². The number of aliphatic imine (C=N–C) groups is 1. The summed E-state index contributed by atoms with van der Waals surface area (Å²) in [6.07, 6.45) is 3.75. The Morgan fingerprint density at radius 2 is 1.90 bits per heavy atom. The van der Waals surface area contributed by atoms with E-state index in [9.17, 15) is 14.7 Å². The molecule has 0 aromatic carbocycles. The van der Waals surface area contributed by atoms with Crippen molar-refractivity contribution in [1.82, 2.24) is 34.9 Å². The average molecular weight is 449 g/mol. The van der Waals surface area contributed by atoms with Gasteiger partial charge in [0.1, 0.15) is 0 Å². The lowest BCUT2D eigenvalue weighted by molar-refractivity contribution is -0.127. The first-order valence-electron chi connectivity index (χ1n) is 10.5. The Labute approximate surface area is 185 Å². The number of hydrogen-bond donors (Lipinski definition) is 2. The summed E-state index contributed by atoms with van der Waals surface area (Å²) < 4.78 is 0. The summed E-state index contributed by atoms with van der Waals surface area (Å²) >= 11 is 1.58. The molecule has 12 heteroatoms. The Morgan fingerprint density at radius 1 is 1.16 bits per heavy atom. The summed E-state index contributed by atoms with van der Waals surface area (Å²) in [5, 5.41) is 12.4. The number of fused-ring (bicyclic) bond motifs is 1. The topological polar surface area (TPSA) is 118 Å². The Balaban J connectivity index is 1.44. The van der Waals surface area contributed by atoms with Gasteiger partial charge in [-0.2, -0.15) is 0 Å². The number of piperazine rings is 1. The van der Waals surface area contributed by atoms with E-state index in [0.29, 0.717) is 13.1 Å². The number of nitrogens with zero attached hydrogens (tertiary/aromatic N) is 7. The molecule has 1 aromatic heterocycles. The van der Waals surface area contributed by atoms with Gasteiger partial charge in [-0.25, -0.2) is 19.8 Å². The number of aromatic nitrogens is 2. The number of hydrogen-bond acceptors (Lipinski definition) is 10. The van der Waals surface area contributed by atoms with Gasteiger partial charge in [0.2, 0.25) is 0 Å². The highest BCUT2D eigenvalue weighted by molar-refractivity contribution is 7.99. The number of carbonyl (C=O) groups excluding carboxylic acids is 2. The van der Waals surface area contributed by atoms with E-state index >= 15 is 0 Å². The lowest BCUT2D eigenvalue weighted by Crippen LogP contribution is -2.64. The van der Waals surface area contributed by atoms with Crippen molar-refractivity contribution in [1.29, 1.82) is 0 Å². The second-order valence-electron chi connectivity index (χ2n) is 7.67. The van der Waals surface area contributed by atoms with E-state index in [1.165, 1.54) is 4.90 Å². The first-order chi connectivity index (χ1) is 15.1. The first-order valence-corrected chi connectivity index (χ1v) is 11.5. The largest absolute Gasteiger partial charge is 0.395 e. The van der Waals surface area contributed by atoms with E-state index < -0.39 is 18.2 Å². The number of likely N-dealkylation sites (N-methyl/N-ethyl adjacent to an activating group) is 1. The number of carbonyl (C=O) groups is 2. The van der Waals surface area contributed by atoms with E-state index in [1.54, 1.807) is 37.3 Å². The van der Waals surface area contributed by atoms with Crippen LogP contribution in [0.2, 0.25) is 0 Å². The number of aliphatic hydroxyl groups is 1. The lowest BCUT2D eigenvalue weighted by Gasteiger charge is -2.40. The number of β-amino-alcohol motifs (C(OH)–C–C–N with tert-alkyl or cyclic N) is 1. The molecule has 0 spiro atoms. The van der Waals surface area contributed by atoms with Crippen molar-refractivity contribution in [2.45, 2.75) is 23.8 Å². The predicted octanol–water partition coefficient (Wildman–Crippen LogP) is -0.883. The molecule has 4 rings (SSSR count). The van der Waals surface area contributed by atoms with Gasteiger partial charge < -0.3 is 19.8 Å². The zero-order chi connectivity index (χ0) is 21.8. The fourth-order valence-corrected chi connectivity index (χ4v) is 4.81. The number of aliphatic hydroxyl groups excluding tert-OH is 1. The summed E-state index contributed by atoms with van der Waals surface area (Å²) in [7, 11) is 1.67. The van der Waals surface area contributed by atoms with E-state index in [-0.39, 0.29) is 12.5 Å². The lowest BCUT2D eigenvalue weighted by atomic mass is 10.1. The number of guanidine groups is 1. The molecule has 3 aliphatic heterocycles. The molecular weight excluding hydrogens is 420 g/mol. The zero-order valence-electron chi connectivity index (χ0n) is 17.6. The maximum Gasteiger partial charge on any atom is 0.325 e. The fourth-order valence-electron chi connectivity index (χ4n) is 4.08. The highest BCUT2D eigenvalue weighted by Crippen LogP contribution is 2.26. The summed E-state index contributed by atoms with van der Waals surface area (Å²) in [5.41, 5.74) is 0. The van der Waals surface area contributed by atoms with E-state index in [4.69, 9.17) is 4.99 Å². The SMILES string of the molecule is CN1C(=O)NC(=O)C2C1N=C(N1CCN(CCO)CC1)N2CCCSc1ncccn1. The van der Waals surface area contributed by atoms with Gasteiger partial charge in [0.05, 0.1) is 6.61 Å². The highest BCUT2D eigenvalue weighted by Gasteiger charge is 2.49. The summed E-state index contributed by atoms with van der Waals surface area (Å²) in [5.74, 6) is 1.28. The Hall–Kier alpha value is -2.44. The smallest absolute Gasteiger partial charge is 0.325 e. The second-order valence-corrected chi connectivity index (χ2v) is 8.73. The second kappa shape index (κ2) is 9.79. The van der Waals surface area contributed by atoms with Gasteiger partial charge in [0, 0.05) is 64.5 Å². The van der Waals surface area contributed by atoms with Crippen molar-refractivity contribution in [2.24, 2.45) is 4.99 Å². The molecule has 1 aromatic rings. The third-order valence-corrected chi connectivity index (χ3v) is 6.69. The molecule has 2 N–H and O–H groups in total. The Bertz CT molecular complexity index is 818. The van der Waals surface area contributed by atoms with Crippen LogP contribution >= 0.6 is 11.8 Å². The van der Waals surface area contributed by atoms with Crippen molar-refractivity contribution in [3.8, 4) is 0 Å². The molecule has 11 nitrogen and oxygen atoms in total. The van der Waals surface area contributed by atoms with Crippen LogP contribution in [-0.4, -0.2) is 123 Å². The molecule has 31 heavy (non-hydrogen) atoms. The number of imide groups is 1. The fraction of sp³-hybridized carbons (Fsp3) is 0.632. The summed E-state index contributed by atoms with van der Waals surface area (Å²) in [4.78, 5) is 46.0. The van der Waals surface area contributed by atoms with Crippen molar-refractivity contribution >= 4 is 29.7 Å². The molecule has 2 atom stereocenters. The molecule has 2 saturated heterocycles. The summed E-state index contributed by atoms with van der Waals surface area (Å²) in [6, 6.07) is 0.851. The predicted molar refractivity (Wildman–Crippen MR) is 115 cm³/mol. The van der Waals surface area contributed by atoms with Gasteiger partial charge >= 0.3 is 6.03 Å². The van der Waals surface area contributed by atoms with Crippen LogP contribution < -0.4 is 5.32 Å². The van der Waals surface area contributed by atoms with E-state index in [0.717, 1.165) is 49.5 Å². The van der Waals surface area contributed by atoms with Crippen molar-refractivity contribution in [2.75, 3.05) is 58.7 Å². The van der Waals surface area contributed by atoms with Crippen LogP contribution in [0.5, 0.6) is 0 Å². The highest BCUT2D eigenvalue weighted by atomic mass is 32.2. The molecule has 0 bridgehead atoms. The first kappa shape index (κ1) is 21.8. The Morgan fingerprint density at radius 3 is 2.61 bits per heavy atom. The molecular formula is C19H28N8O3S. The van der Waals surface area contributed by atoms with Gasteiger partial charge in [0.25, 0.3) is 5.91 Å². The van der Waals surface area contributed by atoms with Crippen LogP contribution in [0.15, 0.2) is 28.6 Å².